The van der Waals surface area contributed by atoms with Gasteiger partial charge in [0.15, 0.2) is 0 Å². The maximum absolute atomic E-state index is 13.6. The molecule has 0 unspecified atom stereocenters. The number of benzene rings is 2. The van der Waals surface area contributed by atoms with Gasteiger partial charge in [0, 0.05) is 29.7 Å². The van der Waals surface area contributed by atoms with E-state index in [0.29, 0.717) is 11.3 Å². The number of carbonyl (C=O) groups is 1. The number of halogens is 1. The van der Waals surface area contributed by atoms with Gasteiger partial charge in [0.1, 0.15) is 5.82 Å². The third-order valence-electron chi connectivity index (χ3n) is 3.06. The maximum Gasteiger partial charge on any atom is 0.232 e. The lowest BCUT2D eigenvalue weighted by Crippen LogP contribution is -2.28. The highest BCUT2D eigenvalue weighted by Crippen LogP contribution is 2.24. The lowest BCUT2D eigenvalue weighted by molar-refractivity contribution is -0.127. The van der Waals surface area contributed by atoms with Crippen molar-refractivity contribution in [3.05, 3.63) is 59.9 Å². The van der Waals surface area contributed by atoms with Gasteiger partial charge >= 0.3 is 0 Å². The van der Waals surface area contributed by atoms with Crippen LogP contribution >= 0.6 is 11.8 Å². The molecule has 0 aliphatic rings. The van der Waals surface area contributed by atoms with Crippen molar-refractivity contribution >= 4 is 23.4 Å². The Bertz CT molecular complexity index is 633. The number of hydrogen-bond donors (Lipinski definition) is 1. The van der Waals surface area contributed by atoms with Crippen LogP contribution in [0.3, 0.4) is 0 Å². The molecule has 0 saturated carbocycles. The smallest absolute Gasteiger partial charge is 0.232 e. The van der Waals surface area contributed by atoms with Crippen LogP contribution in [-0.4, -0.2) is 23.6 Å². The van der Waals surface area contributed by atoms with E-state index >= 15 is 0 Å². The van der Waals surface area contributed by atoms with Gasteiger partial charge in [-0.05, 0) is 18.2 Å². The van der Waals surface area contributed by atoms with Crippen molar-refractivity contribution < 1.29 is 9.18 Å². The molecule has 0 atom stereocenters. The maximum atomic E-state index is 13.6. The number of nitrogen functional groups attached to an aromatic ring is 1. The van der Waals surface area contributed by atoms with Crippen LogP contribution in [0.25, 0.3) is 0 Å². The Morgan fingerprint density at radius 1 is 1.19 bits per heavy atom. The molecule has 0 spiro atoms. The van der Waals surface area contributed by atoms with E-state index in [2.05, 4.69) is 0 Å². The summed E-state index contributed by atoms with van der Waals surface area (Å²) in [6.07, 6.45) is 0. The molecule has 0 saturated heterocycles. The standard InChI is InChI=1S/C16H17FN2OS/c1-19(10-12-6-2-3-7-13(12)17)16(20)11-21-15-9-5-4-8-14(15)18/h2-9H,10-11,18H2,1H3. The Kier molecular flexibility index (Phi) is 5.22. The Morgan fingerprint density at radius 2 is 1.86 bits per heavy atom. The minimum Gasteiger partial charge on any atom is -0.398 e. The lowest BCUT2D eigenvalue weighted by atomic mass is 10.2. The van der Waals surface area contributed by atoms with Crippen molar-refractivity contribution in [2.24, 2.45) is 0 Å². The number of carbonyl (C=O) groups excluding carboxylic acids is 1. The topological polar surface area (TPSA) is 46.3 Å². The van der Waals surface area contributed by atoms with Crippen LogP contribution in [0.4, 0.5) is 10.1 Å². The fraction of sp³-hybridized carbons (Fsp3) is 0.188. The zero-order chi connectivity index (χ0) is 15.2. The van der Waals surface area contributed by atoms with Gasteiger partial charge in [-0.3, -0.25) is 4.79 Å². The number of amides is 1. The van der Waals surface area contributed by atoms with Crippen LogP contribution in [0.2, 0.25) is 0 Å². The number of anilines is 1. The second kappa shape index (κ2) is 7.13. The van der Waals surface area contributed by atoms with Crippen LogP contribution in [0.5, 0.6) is 0 Å². The lowest BCUT2D eigenvalue weighted by Gasteiger charge is -2.17. The highest BCUT2D eigenvalue weighted by Gasteiger charge is 2.12. The second-order valence-electron chi connectivity index (χ2n) is 4.67. The average Bonchev–Trinajstić information content (AvgIpc) is 2.48. The van der Waals surface area contributed by atoms with Crippen molar-refractivity contribution in [2.45, 2.75) is 11.4 Å². The normalized spacial score (nSPS) is 10.4. The Labute approximate surface area is 127 Å². The molecule has 2 rings (SSSR count). The molecular weight excluding hydrogens is 287 g/mol. The third-order valence-corrected chi connectivity index (χ3v) is 4.14. The minimum absolute atomic E-state index is 0.0634. The van der Waals surface area contributed by atoms with E-state index in [0.717, 1.165) is 4.90 Å². The Balaban J connectivity index is 1.91. The molecule has 3 nitrogen and oxygen atoms in total. The van der Waals surface area contributed by atoms with E-state index in [1.54, 1.807) is 31.3 Å². The summed E-state index contributed by atoms with van der Waals surface area (Å²) in [5.74, 6) is -0.0808. The van der Waals surface area contributed by atoms with Gasteiger partial charge in [-0.15, -0.1) is 11.8 Å². The van der Waals surface area contributed by atoms with Crippen molar-refractivity contribution in [1.29, 1.82) is 0 Å². The molecule has 0 radical (unpaired) electrons. The number of para-hydroxylation sites is 1. The van der Waals surface area contributed by atoms with Crippen LogP contribution in [0, 0.1) is 5.82 Å². The summed E-state index contributed by atoms with van der Waals surface area (Å²) in [7, 11) is 1.67. The summed E-state index contributed by atoms with van der Waals surface area (Å²) in [4.78, 5) is 14.5. The molecule has 0 aliphatic carbocycles. The van der Waals surface area contributed by atoms with E-state index in [4.69, 9.17) is 5.73 Å². The largest absolute Gasteiger partial charge is 0.398 e. The first-order chi connectivity index (χ1) is 10.1. The molecule has 5 heteroatoms. The number of nitrogens with two attached hydrogens (primary N) is 1. The Morgan fingerprint density at radius 3 is 2.57 bits per heavy atom. The first-order valence-electron chi connectivity index (χ1n) is 6.52. The van der Waals surface area contributed by atoms with Gasteiger partial charge in [0.05, 0.1) is 5.75 Å². The molecule has 0 bridgehead atoms. The van der Waals surface area contributed by atoms with E-state index in [9.17, 15) is 9.18 Å². The first-order valence-corrected chi connectivity index (χ1v) is 7.51. The van der Waals surface area contributed by atoms with Gasteiger partial charge in [-0.2, -0.15) is 0 Å². The summed E-state index contributed by atoms with van der Waals surface area (Å²) < 4.78 is 13.6. The minimum atomic E-state index is -0.294. The number of hydrogen-bond acceptors (Lipinski definition) is 3. The van der Waals surface area contributed by atoms with Gasteiger partial charge in [-0.25, -0.2) is 4.39 Å². The summed E-state index contributed by atoms with van der Waals surface area (Å²) in [5, 5.41) is 0. The highest BCUT2D eigenvalue weighted by molar-refractivity contribution is 8.00. The molecule has 1 amide bonds. The predicted molar refractivity (Wildman–Crippen MR) is 84.5 cm³/mol. The monoisotopic (exact) mass is 304 g/mol. The predicted octanol–water partition coefficient (Wildman–Crippen LogP) is 3.16. The molecule has 110 valence electrons. The van der Waals surface area contributed by atoms with Crippen LogP contribution in [0.1, 0.15) is 5.56 Å². The number of nitrogens with zero attached hydrogens (tertiary/aromatic N) is 1. The molecule has 2 N–H and O–H groups in total. The van der Waals surface area contributed by atoms with Gasteiger partial charge in [0.25, 0.3) is 0 Å². The quantitative estimate of drug-likeness (QED) is 0.682. The van der Waals surface area contributed by atoms with E-state index in [-0.39, 0.29) is 24.0 Å². The molecule has 0 aromatic heterocycles. The SMILES string of the molecule is CN(Cc1ccccc1F)C(=O)CSc1ccccc1N. The van der Waals surface area contributed by atoms with Crippen LogP contribution in [-0.2, 0) is 11.3 Å². The van der Waals surface area contributed by atoms with E-state index in [1.807, 2.05) is 18.2 Å². The third kappa shape index (κ3) is 4.23. The summed E-state index contributed by atoms with van der Waals surface area (Å²) >= 11 is 1.39. The molecule has 21 heavy (non-hydrogen) atoms. The molecule has 2 aromatic carbocycles. The van der Waals surface area contributed by atoms with Crippen LogP contribution in [0.15, 0.2) is 53.4 Å². The molecule has 0 aliphatic heterocycles. The van der Waals surface area contributed by atoms with Gasteiger partial charge in [-0.1, -0.05) is 30.3 Å². The van der Waals surface area contributed by atoms with Gasteiger partial charge in [0.2, 0.25) is 5.91 Å². The van der Waals surface area contributed by atoms with E-state index in [1.165, 1.54) is 22.7 Å². The summed E-state index contributed by atoms with van der Waals surface area (Å²) in [6, 6.07) is 13.9. The van der Waals surface area contributed by atoms with Crippen molar-refractivity contribution in [2.75, 3.05) is 18.5 Å². The summed E-state index contributed by atoms with van der Waals surface area (Å²) in [6.45, 7) is 0.260. The zero-order valence-electron chi connectivity index (χ0n) is 11.8. The van der Waals surface area contributed by atoms with Gasteiger partial charge < -0.3 is 10.6 Å². The van der Waals surface area contributed by atoms with Crippen molar-refractivity contribution in [1.82, 2.24) is 4.90 Å². The van der Waals surface area contributed by atoms with Crippen molar-refractivity contribution in [3.8, 4) is 0 Å². The second-order valence-corrected chi connectivity index (χ2v) is 5.68. The van der Waals surface area contributed by atoms with Crippen molar-refractivity contribution in [3.63, 3.8) is 0 Å². The number of thioether (sulfide) groups is 1. The first kappa shape index (κ1) is 15.4. The highest BCUT2D eigenvalue weighted by atomic mass is 32.2. The van der Waals surface area contributed by atoms with E-state index < -0.39 is 0 Å². The molecule has 2 aromatic rings. The summed E-state index contributed by atoms with van der Waals surface area (Å²) in [5.41, 5.74) is 7.00. The fourth-order valence-electron chi connectivity index (χ4n) is 1.83. The number of rotatable bonds is 5. The van der Waals surface area contributed by atoms with Crippen LogP contribution < -0.4 is 5.73 Å². The zero-order valence-corrected chi connectivity index (χ0v) is 12.6. The fourth-order valence-corrected chi connectivity index (χ4v) is 2.74. The molecule has 0 heterocycles. The Hall–Kier alpha value is -2.01. The molecule has 0 fully saturated rings. The average molecular weight is 304 g/mol. The molecular formula is C16H17FN2OS.